The molecule has 0 spiro atoms. The van der Waals surface area contributed by atoms with Crippen LogP contribution in [0.15, 0.2) is 66.7 Å². The van der Waals surface area contributed by atoms with E-state index in [1.54, 1.807) is 0 Å². The normalized spacial score (nSPS) is 11.0. The molecule has 0 saturated carbocycles. The fourth-order valence-electron chi connectivity index (χ4n) is 3.11. The van der Waals surface area contributed by atoms with Gasteiger partial charge in [0, 0.05) is 0 Å². The molecule has 0 aromatic heterocycles. The first-order valence-corrected chi connectivity index (χ1v) is 8.08. The molecule has 0 unspecified atom stereocenters. The van der Waals surface area contributed by atoms with Gasteiger partial charge in [0.1, 0.15) is 0 Å². The van der Waals surface area contributed by atoms with E-state index in [0.717, 1.165) is 6.42 Å². The second-order valence-corrected chi connectivity index (χ2v) is 6.54. The molecule has 3 heteroatoms. The molecular weight excluding hydrogens is 390 g/mol. The molecule has 0 saturated heterocycles. The monoisotopic (exact) mass is 401 g/mol. The molecule has 0 atom stereocenters. The third kappa shape index (κ3) is 2.83. The van der Waals surface area contributed by atoms with E-state index in [2.05, 4.69) is 66.7 Å². The summed E-state index contributed by atoms with van der Waals surface area (Å²) in [6.07, 6.45) is 1.09. The summed E-state index contributed by atoms with van der Waals surface area (Å²) in [4.78, 5) is 0. The Morgan fingerprint density at radius 3 is 2.14 bits per heavy atom. The number of hydrogen-bond acceptors (Lipinski definition) is 0. The Bertz CT molecular complexity index is 798. The number of benzene rings is 3. The van der Waals surface area contributed by atoms with Gasteiger partial charge < -0.3 is 24.8 Å². The molecule has 0 aliphatic heterocycles. The molecule has 1 aliphatic carbocycles. The van der Waals surface area contributed by atoms with E-state index in [-0.39, 0.29) is 24.8 Å². The molecular formula is C19H13Cl2Zr. The van der Waals surface area contributed by atoms with Crippen LogP contribution in [0.2, 0.25) is 0 Å². The predicted octanol–water partition coefficient (Wildman–Crippen LogP) is -1.90. The summed E-state index contributed by atoms with van der Waals surface area (Å²) < 4.78 is 1.49. The van der Waals surface area contributed by atoms with E-state index in [1.165, 1.54) is 61.4 Å². The van der Waals surface area contributed by atoms with Gasteiger partial charge in [-0.3, -0.25) is 0 Å². The summed E-state index contributed by atoms with van der Waals surface area (Å²) in [6.45, 7) is 0. The van der Waals surface area contributed by atoms with Gasteiger partial charge in [0.25, 0.3) is 0 Å². The minimum absolute atomic E-state index is 0. The quantitative estimate of drug-likeness (QED) is 0.349. The summed E-state index contributed by atoms with van der Waals surface area (Å²) in [7, 11) is 0. The predicted molar refractivity (Wildman–Crippen MR) is 79.8 cm³/mol. The van der Waals surface area contributed by atoms with Crippen molar-refractivity contribution in [2.24, 2.45) is 0 Å². The van der Waals surface area contributed by atoms with Crippen molar-refractivity contribution in [3.05, 3.63) is 77.9 Å². The van der Waals surface area contributed by atoms with Crippen LogP contribution in [0.4, 0.5) is 0 Å². The van der Waals surface area contributed by atoms with E-state index >= 15 is 0 Å². The second-order valence-electron chi connectivity index (χ2n) is 5.21. The molecule has 1 aliphatic rings. The van der Waals surface area contributed by atoms with E-state index in [4.69, 9.17) is 0 Å². The summed E-state index contributed by atoms with van der Waals surface area (Å²) in [5.74, 6) is 0. The van der Waals surface area contributed by atoms with Crippen molar-refractivity contribution in [3.63, 3.8) is 0 Å². The van der Waals surface area contributed by atoms with Crippen LogP contribution in [0.25, 0.3) is 22.3 Å². The second kappa shape index (κ2) is 7.13. The fraction of sp³-hybridized carbons (Fsp3) is 0.0526. The van der Waals surface area contributed by atoms with Gasteiger partial charge >= 0.3 is 135 Å². The molecule has 0 fully saturated rings. The van der Waals surface area contributed by atoms with Crippen molar-refractivity contribution in [1.82, 2.24) is 0 Å². The van der Waals surface area contributed by atoms with Crippen molar-refractivity contribution in [1.29, 1.82) is 0 Å². The summed E-state index contributed by atoms with van der Waals surface area (Å²) in [5, 5.41) is 0. The van der Waals surface area contributed by atoms with Gasteiger partial charge in [-0.1, -0.05) is 0 Å². The van der Waals surface area contributed by atoms with Crippen LogP contribution in [-0.4, -0.2) is 0 Å². The molecule has 0 bridgehead atoms. The zero-order valence-corrected chi connectivity index (χ0v) is 15.8. The van der Waals surface area contributed by atoms with Crippen LogP contribution in [0, 0.1) is 0 Å². The Morgan fingerprint density at radius 1 is 0.682 bits per heavy atom. The van der Waals surface area contributed by atoms with Crippen molar-refractivity contribution in [2.45, 2.75) is 6.42 Å². The fourth-order valence-corrected chi connectivity index (χ4v) is 3.84. The van der Waals surface area contributed by atoms with Crippen molar-refractivity contribution in [3.8, 4) is 22.3 Å². The van der Waals surface area contributed by atoms with E-state index < -0.39 is 0 Å². The average Bonchev–Trinajstić information content (AvgIpc) is 2.89. The third-order valence-electron chi connectivity index (χ3n) is 4.05. The molecule has 0 heterocycles. The summed E-state index contributed by atoms with van der Waals surface area (Å²) in [6, 6.07) is 24.2. The third-order valence-corrected chi connectivity index (χ3v) is 5.20. The minimum atomic E-state index is 0. The van der Waals surface area contributed by atoms with Gasteiger partial charge in [0.05, 0.1) is 0 Å². The molecule has 3 aromatic rings. The van der Waals surface area contributed by atoms with Crippen LogP contribution >= 0.6 is 0 Å². The summed E-state index contributed by atoms with van der Waals surface area (Å²) in [5.41, 5.74) is 8.57. The van der Waals surface area contributed by atoms with Crippen LogP contribution in [0.1, 0.15) is 11.1 Å². The first-order chi connectivity index (χ1) is 9.84. The van der Waals surface area contributed by atoms with Gasteiger partial charge in [0.2, 0.25) is 0 Å². The topological polar surface area (TPSA) is 0 Å². The van der Waals surface area contributed by atoms with E-state index in [0.29, 0.717) is 0 Å². The van der Waals surface area contributed by atoms with Crippen molar-refractivity contribution < 1.29 is 49.5 Å². The van der Waals surface area contributed by atoms with E-state index in [9.17, 15) is 0 Å². The maximum atomic E-state index is 2.30. The molecule has 0 amide bonds. The van der Waals surface area contributed by atoms with Crippen LogP contribution in [0.3, 0.4) is 0 Å². The summed E-state index contributed by atoms with van der Waals surface area (Å²) >= 11 is 1.51. The SMILES string of the molecule is [Cl-].[Cl-].[Zr+2][c]1ccc(-c2ccccc2)c2c1Cc1ccccc1-2. The Labute approximate surface area is 158 Å². The van der Waals surface area contributed by atoms with Crippen LogP contribution < -0.4 is 28.1 Å². The maximum absolute atomic E-state index is 2.30. The van der Waals surface area contributed by atoms with Gasteiger partial charge in [-0.25, -0.2) is 0 Å². The van der Waals surface area contributed by atoms with Crippen LogP contribution in [-0.2, 0) is 31.1 Å². The first kappa shape index (κ1) is 17.5. The number of hydrogen-bond donors (Lipinski definition) is 0. The number of rotatable bonds is 1. The molecule has 0 N–H and O–H groups in total. The standard InChI is InChI=1S/C19H13.2ClH.Zr/c1-2-7-14(8-3-1)17-12-6-10-16-13-15-9-4-5-11-18(15)19(16)17;;;/h1-9,11-12H,13H2;2*1H;/q;;;+2/p-2. The van der Waals surface area contributed by atoms with Gasteiger partial charge in [-0.2, -0.15) is 0 Å². The zero-order valence-electron chi connectivity index (χ0n) is 11.8. The molecule has 22 heavy (non-hydrogen) atoms. The molecule has 4 rings (SSSR count). The molecule has 0 nitrogen and oxygen atoms in total. The molecule has 0 radical (unpaired) electrons. The zero-order chi connectivity index (χ0) is 13.5. The molecule has 107 valence electrons. The van der Waals surface area contributed by atoms with Gasteiger partial charge in [0.15, 0.2) is 0 Å². The van der Waals surface area contributed by atoms with Gasteiger partial charge in [-0.15, -0.1) is 0 Å². The van der Waals surface area contributed by atoms with E-state index in [1.807, 2.05) is 0 Å². The Kier molecular flexibility index (Phi) is 5.67. The number of halogens is 2. The number of fused-ring (bicyclic) bond motifs is 3. The first-order valence-electron chi connectivity index (χ1n) is 6.86. The van der Waals surface area contributed by atoms with Crippen LogP contribution in [0.5, 0.6) is 0 Å². The molecule has 3 aromatic carbocycles. The van der Waals surface area contributed by atoms with Gasteiger partial charge in [-0.05, 0) is 0 Å². The Hall–Kier alpha value is -0.877. The average molecular weight is 403 g/mol. The Balaban J connectivity index is 0.000000882. The Morgan fingerprint density at radius 2 is 1.36 bits per heavy atom. The van der Waals surface area contributed by atoms with Crippen molar-refractivity contribution in [2.75, 3.05) is 0 Å². The van der Waals surface area contributed by atoms with Crippen molar-refractivity contribution >= 4 is 3.27 Å².